The van der Waals surface area contributed by atoms with Gasteiger partial charge >= 0.3 is 0 Å². The summed E-state index contributed by atoms with van der Waals surface area (Å²) in [4.78, 5) is 36.6. The summed E-state index contributed by atoms with van der Waals surface area (Å²) in [6.45, 7) is 2.00. The molecule has 1 unspecified atom stereocenters. The predicted octanol–water partition coefficient (Wildman–Crippen LogP) is 1.68. The number of amides is 2. The highest BCUT2D eigenvalue weighted by molar-refractivity contribution is 6.05. The second-order valence-corrected chi connectivity index (χ2v) is 5.79. The average molecular weight is 325 g/mol. The van der Waals surface area contributed by atoms with Crippen LogP contribution < -0.4 is 15.1 Å². The Morgan fingerprint density at radius 1 is 1.29 bits per heavy atom. The fraction of sp³-hybridized carbons (Fsp3) is 0.294. The van der Waals surface area contributed by atoms with Crippen LogP contribution in [-0.2, 0) is 9.59 Å². The minimum Gasteiger partial charge on any atom is -0.335 e. The zero-order chi connectivity index (χ0) is 17.1. The van der Waals surface area contributed by atoms with Gasteiger partial charge < -0.3 is 15.1 Å². The molecule has 0 fully saturated rings. The first-order valence-corrected chi connectivity index (χ1v) is 7.75. The molecule has 2 amide bonds. The first-order chi connectivity index (χ1) is 11.6. The van der Waals surface area contributed by atoms with Crippen molar-refractivity contribution >= 4 is 29.1 Å². The maximum absolute atomic E-state index is 12.9. The van der Waals surface area contributed by atoms with E-state index in [1.807, 2.05) is 25.1 Å². The van der Waals surface area contributed by atoms with Gasteiger partial charge in [0.05, 0.1) is 17.9 Å². The number of nitrogens with zero attached hydrogens (tertiary/aromatic N) is 4. The molecule has 2 heterocycles. The zero-order valence-corrected chi connectivity index (χ0v) is 13.6. The number of carbonyl (C=O) groups excluding carboxylic acids is 2. The number of carbonyl (C=O) groups is 2. The summed E-state index contributed by atoms with van der Waals surface area (Å²) >= 11 is 0. The van der Waals surface area contributed by atoms with Crippen LogP contribution in [0.2, 0.25) is 0 Å². The van der Waals surface area contributed by atoms with Gasteiger partial charge in [-0.3, -0.25) is 9.59 Å². The molecule has 1 atom stereocenters. The van der Waals surface area contributed by atoms with Crippen molar-refractivity contribution in [2.75, 3.05) is 28.7 Å². The molecule has 0 saturated carbocycles. The van der Waals surface area contributed by atoms with Gasteiger partial charge in [0.2, 0.25) is 17.8 Å². The third-order valence-corrected chi connectivity index (χ3v) is 3.89. The van der Waals surface area contributed by atoms with Crippen LogP contribution >= 0.6 is 0 Å². The number of nitrogens with one attached hydrogen (secondary N) is 1. The van der Waals surface area contributed by atoms with Crippen LogP contribution in [0.15, 0.2) is 42.7 Å². The van der Waals surface area contributed by atoms with Crippen LogP contribution in [0.3, 0.4) is 0 Å². The maximum atomic E-state index is 12.9. The molecule has 124 valence electrons. The second-order valence-electron chi connectivity index (χ2n) is 5.79. The summed E-state index contributed by atoms with van der Waals surface area (Å²) < 4.78 is 0. The van der Waals surface area contributed by atoms with Crippen LogP contribution in [0.5, 0.6) is 0 Å². The lowest BCUT2D eigenvalue weighted by Crippen LogP contribution is -2.44. The molecule has 24 heavy (non-hydrogen) atoms. The third-order valence-electron chi connectivity index (χ3n) is 3.89. The lowest BCUT2D eigenvalue weighted by Gasteiger charge is -2.29. The molecular formula is C17H19N5O2. The lowest BCUT2D eigenvalue weighted by molar-refractivity contribution is -0.118. The zero-order valence-electron chi connectivity index (χ0n) is 13.6. The topological polar surface area (TPSA) is 78.4 Å². The van der Waals surface area contributed by atoms with Gasteiger partial charge in [-0.05, 0) is 25.1 Å². The van der Waals surface area contributed by atoms with Crippen molar-refractivity contribution in [1.82, 2.24) is 9.97 Å². The van der Waals surface area contributed by atoms with E-state index in [2.05, 4.69) is 15.3 Å². The fourth-order valence-corrected chi connectivity index (χ4v) is 2.81. The van der Waals surface area contributed by atoms with Crippen molar-refractivity contribution in [1.29, 1.82) is 0 Å². The van der Waals surface area contributed by atoms with Crippen molar-refractivity contribution < 1.29 is 9.59 Å². The van der Waals surface area contributed by atoms with Gasteiger partial charge in [0.25, 0.3) is 0 Å². The van der Waals surface area contributed by atoms with Crippen molar-refractivity contribution in [3.05, 3.63) is 42.7 Å². The van der Waals surface area contributed by atoms with E-state index in [-0.39, 0.29) is 30.8 Å². The molecule has 0 radical (unpaired) electrons. The predicted molar refractivity (Wildman–Crippen MR) is 91.9 cm³/mol. The maximum Gasteiger partial charge on any atom is 0.246 e. The molecule has 1 N–H and O–H groups in total. The Kier molecular flexibility index (Phi) is 4.41. The highest BCUT2D eigenvalue weighted by Gasteiger charge is 2.30. The Labute approximate surface area is 140 Å². The number of fused-ring (bicyclic) bond motifs is 1. The van der Waals surface area contributed by atoms with Crippen LogP contribution in [0.1, 0.15) is 13.3 Å². The summed E-state index contributed by atoms with van der Waals surface area (Å²) in [7, 11) is 1.77. The number of rotatable bonds is 3. The summed E-state index contributed by atoms with van der Waals surface area (Å²) in [5, 5.41) is 2.85. The first-order valence-electron chi connectivity index (χ1n) is 7.75. The van der Waals surface area contributed by atoms with Crippen molar-refractivity contribution in [3.8, 4) is 0 Å². The summed E-state index contributed by atoms with van der Waals surface area (Å²) in [6, 6.07) is 8.83. The molecule has 1 aromatic carbocycles. The summed E-state index contributed by atoms with van der Waals surface area (Å²) in [5.41, 5.74) is 1.36. The van der Waals surface area contributed by atoms with Crippen molar-refractivity contribution in [2.45, 2.75) is 19.4 Å². The molecule has 3 rings (SSSR count). The Morgan fingerprint density at radius 2 is 2.00 bits per heavy atom. The molecule has 2 aromatic rings. The Bertz CT molecular complexity index is 750. The molecule has 0 aliphatic carbocycles. The number of aromatic nitrogens is 2. The van der Waals surface area contributed by atoms with Crippen LogP contribution in [0, 0.1) is 0 Å². The van der Waals surface area contributed by atoms with E-state index < -0.39 is 0 Å². The Hall–Kier alpha value is -2.96. The molecular weight excluding hydrogens is 306 g/mol. The molecule has 1 aliphatic rings. The monoisotopic (exact) mass is 325 g/mol. The molecule has 0 spiro atoms. The molecule has 1 aromatic heterocycles. The number of hydrogen-bond donors (Lipinski definition) is 1. The number of likely N-dealkylation sites (N-methyl/N-ethyl adjacent to an activating group) is 1. The normalized spacial score (nSPS) is 16.8. The van der Waals surface area contributed by atoms with Gasteiger partial charge in [-0.25, -0.2) is 9.97 Å². The van der Waals surface area contributed by atoms with E-state index in [0.717, 1.165) is 0 Å². The Balaban J connectivity index is 1.86. The van der Waals surface area contributed by atoms with E-state index in [0.29, 0.717) is 17.3 Å². The van der Waals surface area contributed by atoms with Crippen LogP contribution in [-0.4, -0.2) is 41.4 Å². The van der Waals surface area contributed by atoms with Crippen molar-refractivity contribution in [2.24, 2.45) is 0 Å². The molecule has 7 nitrogen and oxygen atoms in total. The standard InChI is InChI=1S/C17H19N5O2/c1-12-10-15(23)20-13-6-3-4-7-14(13)22(12)16(24)11-21(2)17-18-8-5-9-19-17/h3-9,12H,10-11H2,1-2H3,(H,20,23). The SMILES string of the molecule is CC1CC(=O)Nc2ccccc2N1C(=O)CN(C)c1ncccn1. The van der Waals surface area contributed by atoms with Gasteiger partial charge in [0, 0.05) is 31.9 Å². The number of anilines is 3. The van der Waals surface area contributed by atoms with Gasteiger partial charge in [-0.15, -0.1) is 0 Å². The molecule has 0 bridgehead atoms. The van der Waals surface area contributed by atoms with Crippen molar-refractivity contribution in [3.63, 3.8) is 0 Å². The average Bonchev–Trinajstić information content (AvgIpc) is 2.69. The van der Waals surface area contributed by atoms with Gasteiger partial charge in [-0.1, -0.05) is 12.1 Å². The smallest absolute Gasteiger partial charge is 0.246 e. The molecule has 1 aliphatic heterocycles. The summed E-state index contributed by atoms with van der Waals surface area (Å²) in [6.07, 6.45) is 3.53. The number of benzene rings is 1. The van der Waals surface area contributed by atoms with E-state index in [9.17, 15) is 9.59 Å². The largest absolute Gasteiger partial charge is 0.335 e. The number of para-hydroxylation sites is 2. The molecule has 0 saturated heterocycles. The van der Waals surface area contributed by atoms with Gasteiger partial charge in [-0.2, -0.15) is 0 Å². The van der Waals surface area contributed by atoms with Gasteiger partial charge in [0.1, 0.15) is 0 Å². The first kappa shape index (κ1) is 15.9. The summed E-state index contributed by atoms with van der Waals surface area (Å²) in [5.74, 6) is 0.280. The molecule has 7 heteroatoms. The van der Waals surface area contributed by atoms with E-state index in [1.165, 1.54) is 0 Å². The van der Waals surface area contributed by atoms with E-state index in [1.54, 1.807) is 41.4 Å². The van der Waals surface area contributed by atoms with E-state index >= 15 is 0 Å². The van der Waals surface area contributed by atoms with Gasteiger partial charge in [0.15, 0.2) is 0 Å². The Morgan fingerprint density at radius 3 is 2.75 bits per heavy atom. The van der Waals surface area contributed by atoms with E-state index in [4.69, 9.17) is 0 Å². The second kappa shape index (κ2) is 6.66. The number of hydrogen-bond acceptors (Lipinski definition) is 5. The lowest BCUT2D eigenvalue weighted by atomic mass is 10.1. The minimum absolute atomic E-state index is 0.0926. The third kappa shape index (κ3) is 3.19. The minimum atomic E-state index is -0.230. The fourth-order valence-electron chi connectivity index (χ4n) is 2.81. The highest BCUT2D eigenvalue weighted by Crippen LogP contribution is 2.31. The quantitative estimate of drug-likeness (QED) is 0.929. The highest BCUT2D eigenvalue weighted by atomic mass is 16.2. The van der Waals surface area contributed by atoms with Crippen LogP contribution in [0.4, 0.5) is 17.3 Å². The van der Waals surface area contributed by atoms with Crippen LogP contribution in [0.25, 0.3) is 0 Å².